The van der Waals surface area contributed by atoms with Crippen LogP contribution >= 0.6 is 0 Å². The van der Waals surface area contributed by atoms with E-state index in [1.807, 2.05) is 43.2 Å². The second-order valence-electron chi connectivity index (χ2n) is 3.53. The van der Waals surface area contributed by atoms with E-state index in [0.717, 1.165) is 12.2 Å². The van der Waals surface area contributed by atoms with Crippen molar-refractivity contribution in [3.63, 3.8) is 0 Å². The molecule has 0 aromatic carbocycles. The summed E-state index contributed by atoms with van der Waals surface area (Å²) < 4.78 is 1.92. The van der Waals surface area contributed by atoms with Crippen LogP contribution in [0, 0.1) is 13.8 Å². The largest absolute Gasteiger partial charge is 0.268 e. The third-order valence-corrected chi connectivity index (χ3v) is 2.05. The molecule has 72 valence electrons. The Bertz CT molecular complexity index is 432. The first kappa shape index (κ1) is 8.94. The van der Waals surface area contributed by atoms with E-state index in [-0.39, 0.29) is 0 Å². The highest BCUT2D eigenvalue weighted by Crippen LogP contribution is 2.03. The number of hydrogen-bond donors (Lipinski definition) is 0. The molecule has 3 heteroatoms. The normalized spacial score (nSPS) is 10.4. The molecule has 3 nitrogen and oxygen atoms in total. The molecular formula is C11H13N3. The summed E-state index contributed by atoms with van der Waals surface area (Å²) in [5.41, 5.74) is 3.42. The van der Waals surface area contributed by atoms with Gasteiger partial charge < -0.3 is 0 Å². The summed E-state index contributed by atoms with van der Waals surface area (Å²) in [5.74, 6) is 0. The average Bonchev–Trinajstić information content (AvgIpc) is 2.51. The number of aryl methyl sites for hydroxylation is 2. The molecule has 2 aromatic heterocycles. The van der Waals surface area contributed by atoms with Gasteiger partial charge in [0.1, 0.15) is 0 Å². The van der Waals surface area contributed by atoms with Crippen LogP contribution in [0.5, 0.6) is 0 Å². The second kappa shape index (κ2) is 3.62. The smallest absolute Gasteiger partial charge is 0.0674 e. The summed E-state index contributed by atoms with van der Waals surface area (Å²) in [5, 5.41) is 4.32. The highest BCUT2D eigenvalue weighted by molar-refractivity contribution is 5.16. The van der Waals surface area contributed by atoms with Crippen molar-refractivity contribution in [3.05, 3.63) is 47.5 Å². The van der Waals surface area contributed by atoms with Crippen LogP contribution in [-0.4, -0.2) is 14.8 Å². The summed E-state index contributed by atoms with van der Waals surface area (Å²) in [6.45, 7) is 4.83. The maximum Gasteiger partial charge on any atom is 0.0674 e. The minimum Gasteiger partial charge on any atom is -0.268 e. The zero-order valence-corrected chi connectivity index (χ0v) is 8.44. The first-order valence-electron chi connectivity index (χ1n) is 4.64. The number of aromatic nitrogens is 3. The molecule has 0 saturated heterocycles. The standard InChI is InChI=1S/C11H13N3/c1-9-5-11(7-12-6-9)8-14-4-3-10(2)13-14/h3-7H,8H2,1-2H3. The molecule has 2 heterocycles. The van der Waals surface area contributed by atoms with Gasteiger partial charge in [0.15, 0.2) is 0 Å². The molecule has 0 unspecified atom stereocenters. The van der Waals surface area contributed by atoms with Crippen molar-refractivity contribution in [2.24, 2.45) is 0 Å². The van der Waals surface area contributed by atoms with Crippen molar-refractivity contribution in [1.29, 1.82) is 0 Å². The van der Waals surface area contributed by atoms with Gasteiger partial charge in [0.25, 0.3) is 0 Å². The van der Waals surface area contributed by atoms with E-state index in [0.29, 0.717) is 0 Å². The molecule has 0 aliphatic rings. The molecule has 0 radical (unpaired) electrons. The molecule has 14 heavy (non-hydrogen) atoms. The van der Waals surface area contributed by atoms with Crippen molar-refractivity contribution < 1.29 is 0 Å². The molecule has 2 aromatic rings. The molecule has 0 bridgehead atoms. The summed E-state index contributed by atoms with van der Waals surface area (Å²) >= 11 is 0. The molecular weight excluding hydrogens is 174 g/mol. The van der Waals surface area contributed by atoms with Gasteiger partial charge in [-0.1, -0.05) is 6.07 Å². The Hall–Kier alpha value is -1.64. The van der Waals surface area contributed by atoms with Gasteiger partial charge in [0, 0.05) is 18.6 Å². The van der Waals surface area contributed by atoms with Crippen LogP contribution in [0.3, 0.4) is 0 Å². The Morgan fingerprint density at radius 3 is 2.79 bits per heavy atom. The Morgan fingerprint density at radius 1 is 1.29 bits per heavy atom. The molecule has 0 spiro atoms. The van der Waals surface area contributed by atoms with Crippen LogP contribution < -0.4 is 0 Å². The van der Waals surface area contributed by atoms with E-state index >= 15 is 0 Å². The number of nitrogens with zero attached hydrogens (tertiary/aromatic N) is 3. The van der Waals surface area contributed by atoms with E-state index in [1.54, 1.807) is 0 Å². The predicted molar refractivity (Wildman–Crippen MR) is 55.0 cm³/mol. The van der Waals surface area contributed by atoms with Crippen LogP contribution in [0.25, 0.3) is 0 Å². The van der Waals surface area contributed by atoms with Crippen molar-refractivity contribution in [1.82, 2.24) is 14.8 Å². The highest BCUT2D eigenvalue weighted by Gasteiger charge is 1.97. The highest BCUT2D eigenvalue weighted by atomic mass is 15.3. The number of rotatable bonds is 2. The van der Waals surface area contributed by atoms with E-state index in [9.17, 15) is 0 Å². The molecule has 0 aliphatic heterocycles. The SMILES string of the molecule is Cc1cncc(Cn2ccc(C)n2)c1. The molecule has 0 fully saturated rings. The second-order valence-corrected chi connectivity index (χ2v) is 3.53. The van der Waals surface area contributed by atoms with Crippen LogP contribution in [-0.2, 0) is 6.54 Å². The average molecular weight is 187 g/mol. The van der Waals surface area contributed by atoms with Crippen LogP contribution in [0.1, 0.15) is 16.8 Å². The summed E-state index contributed by atoms with van der Waals surface area (Å²) in [6, 6.07) is 4.13. The number of pyridine rings is 1. The fourth-order valence-corrected chi connectivity index (χ4v) is 1.44. The van der Waals surface area contributed by atoms with Gasteiger partial charge in [-0.2, -0.15) is 5.10 Å². The lowest BCUT2D eigenvalue weighted by molar-refractivity contribution is 0.677. The van der Waals surface area contributed by atoms with Gasteiger partial charge in [-0.15, -0.1) is 0 Å². The van der Waals surface area contributed by atoms with Gasteiger partial charge in [-0.05, 0) is 31.0 Å². The lowest BCUT2D eigenvalue weighted by atomic mass is 10.2. The summed E-state index contributed by atoms with van der Waals surface area (Å²) in [4.78, 5) is 4.15. The Kier molecular flexibility index (Phi) is 2.31. The molecule has 0 amide bonds. The third kappa shape index (κ3) is 1.99. The fourth-order valence-electron chi connectivity index (χ4n) is 1.44. The van der Waals surface area contributed by atoms with Crippen molar-refractivity contribution in [2.75, 3.05) is 0 Å². The van der Waals surface area contributed by atoms with E-state index in [4.69, 9.17) is 0 Å². The molecule has 0 aliphatic carbocycles. The Balaban J connectivity index is 2.18. The van der Waals surface area contributed by atoms with E-state index in [2.05, 4.69) is 16.1 Å². The lowest BCUT2D eigenvalue weighted by Crippen LogP contribution is -2.01. The van der Waals surface area contributed by atoms with Gasteiger partial charge >= 0.3 is 0 Å². The Morgan fingerprint density at radius 2 is 2.14 bits per heavy atom. The summed E-state index contributed by atoms with van der Waals surface area (Å²) in [7, 11) is 0. The minimum absolute atomic E-state index is 0.794. The van der Waals surface area contributed by atoms with Crippen molar-refractivity contribution in [3.8, 4) is 0 Å². The van der Waals surface area contributed by atoms with Crippen molar-refractivity contribution in [2.45, 2.75) is 20.4 Å². The van der Waals surface area contributed by atoms with Gasteiger partial charge in [0.2, 0.25) is 0 Å². The quantitative estimate of drug-likeness (QED) is 0.719. The molecule has 2 rings (SSSR count). The van der Waals surface area contributed by atoms with Gasteiger partial charge in [0.05, 0.1) is 12.2 Å². The van der Waals surface area contributed by atoms with Gasteiger partial charge in [-0.25, -0.2) is 0 Å². The molecule has 0 N–H and O–H groups in total. The van der Waals surface area contributed by atoms with Crippen LogP contribution in [0.2, 0.25) is 0 Å². The van der Waals surface area contributed by atoms with Crippen LogP contribution in [0.15, 0.2) is 30.7 Å². The Labute approximate surface area is 83.4 Å². The zero-order chi connectivity index (χ0) is 9.97. The predicted octanol–water partition coefficient (Wildman–Crippen LogP) is 1.94. The van der Waals surface area contributed by atoms with Gasteiger partial charge in [-0.3, -0.25) is 9.67 Å². The molecule has 0 atom stereocenters. The minimum atomic E-state index is 0.794. The van der Waals surface area contributed by atoms with E-state index < -0.39 is 0 Å². The molecule has 0 saturated carbocycles. The fraction of sp³-hybridized carbons (Fsp3) is 0.273. The maximum atomic E-state index is 4.32. The first-order chi connectivity index (χ1) is 6.74. The number of hydrogen-bond acceptors (Lipinski definition) is 2. The van der Waals surface area contributed by atoms with Crippen LogP contribution in [0.4, 0.5) is 0 Å². The third-order valence-electron chi connectivity index (χ3n) is 2.05. The maximum absolute atomic E-state index is 4.32. The lowest BCUT2D eigenvalue weighted by Gasteiger charge is -2.01. The monoisotopic (exact) mass is 187 g/mol. The summed E-state index contributed by atoms with van der Waals surface area (Å²) in [6.07, 6.45) is 5.72. The topological polar surface area (TPSA) is 30.7 Å². The van der Waals surface area contributed by atoms with E-state index in [1.165, 1.54) is 11.1 Å². The zero-order valence-electron chi connectivity index (χ0n) is 8.44. The van der Waals surface area contributed by atoms with Crippen molar-refractivity contribution >= 4 is 0 Å². The first-order valence-corrected chi connectivity index (χ1v) is 4.64.